The van der Waals surface area contributed by atoms with Crippen LogP contribution >= 0.6 is 0 Å². The van der Waals surface area contributed by atoms with Gasteiger partial charge in [-0.05, 0) is 54.4 Å². The Hall–Kier alpha value is -3.60. The Labute approximate surface area is 183 Å². The van der Waals surface area contributed by atoms with Crippen LogP contribution in [0.3, 0.4) is 0 Å². The topological polar surface area (TPSA) is 67.4 Å². The van der Waals surface area contributed by atoms with Crippen molar-refractivity contribution in [1.82, 2.24) is 0 Å². The van der Waals surface area contributed by atoms with Crippen molar-refractivity contribution >= 4 is 23.2 Å². The van der Waals surface area contributed by atoms with Gasteiger partial charge in [0.25, 0.3) is 5.91 Å². The Kier molecular flexibility index (Phi) is 8.23. The molecule has 0 aliphatic heterocycles. The van der Waals surface area contributed by atoms with Crippen molar-refractivity contribution in [2.24, 2.45) is 0 Å². The minimum Gasteiger partial charge on any atom is -0.494 e. The number of nitrogens with one attached hydrogen (secondary N) is 2. The number of anilines is 2. The average Bonchev–Trinajstić information content (AvgIpc) is 2.78. The molecule has 0 radical (unpaired) electrons. The first-order valence-corrected chi connectivity index (χ1v) is 10.6. The molecule has 3 rings (SSSR count). The number of hydrogen-bond acceptors (Lipinski definition) is 3. The number of amides is 2. The molecule has 0 bridgehead atoms. The van der Waals surface area contributed by atoms with Gasteiger partial charge in [0, 0.05) is 16.9 Å². The lowest BCUT2D eigenvalue weighted by molar-refractivity contribution is -0.115. The summed E-state index contributed by atoms with van der Waals surface area (Å²) in [6.45, 7) is 2.84. The van der Waals surface area contributed by atoms with Gasteiger partial charge in [-0.15, -0.1) is 0 Å². The zero-order valence-electron chi connectivity index (χ0n) is 17.8. The molecule has 0 saturated heterocycles. The molecule has 31 heavy (non-hydrogen) atoms. The van der Waals surface area contributed by atoms with Crippen LogP contribution in [0.25, 0.3) is 0 Å². The third-order valence-electron chi connectivity index (χ3n) is 4.74. The van der Waals surface area contributed by atoms with Crippen LogP contribution in [0.15, 0.2) is 78.9 Å². The highest BCUT2D eigenvalue weighted by Crippen LogP contribution is 2.18. The summed E-state index contributed by atoms with van der Waals surface area (Å²) in [5.74, 6) is 0.435. The molecule has 0 heterocycles. The molecule has 0 saturated carbocycles. The van der Waals surface area contributed by atoms with Gasteiger partial charge in [0.05, 0.1) is 13.0 Å². The summed E-state index contributed by atoms with van der Waals surface area (Å²) in [6, 6.07) is 23.8. The second-order valence-electron chi connectivity index (χ2n) is 7.33. The smallest absolute Gasteiger partial charge is 0.255 e. The number of benzene rings is 3. The molecule has 160 valence electrons. The summed E-state index contributed by atoms with van der Waals surface area (Å²) in [5.41, 5.74) is 2.73. The Bertz CT molecular complexity index is 985. The molecule has 0 aliphatic rings. The van der Waals surface area contributed by atoms with Crippen LogP contribution in [0.2, 0.25) is 0 Å². The molecule has 0 aromatic heterocycles. The lowest BCUT2D eigenvalue weighted by Crippen LogP contribution is -2.15. The normalized spacial score (nSPS) is 10.4. The molecule has 0 atom stereocenters. The summed E-state index contributed by atoms with van der Waals surface area (Å²) in [7, 11) is 0. The molecule has 0 unspecified atom stereocenters. The monoisotopic (exact) mass is 416 g/mol. The fraction of sp³-hybridized carbons (Fsp3) is 0.231. The van der Waals surface area contributed by atoms with Crippen LogP contribution in [0.5, 0.6) is 5.75 Å². The first kappa shape index (κ1) is 22.1. The SMILES string of the molecule is CCCCCOc1ccc(C(=O)Nc2cccc(NC(=O)Cc3ccccc3)c2)cc1. The largest absolute Gasteiger partial charge is 0.494 e. The molecule has 5 heteroatoms. The van der Waals surface area contributed by atoms with Crippen LogP contribution in [0.1, 0.15) is 42.1 Å². The quantitative estimate of drug-likeness (QED) is 0.417. The van der Waals surface area contributed by atoms with E-state index in [2.05, 4.69) is 17.6 Å². The lowest BCUT2D eigenvalue weighted by Gasteiger charge is -2.10. The maximum atomic E-state index is 12.6. The number of rotatable bonds is 10. The van der Waals surface area contributed by atoms with Gasteiger partial charge in [-0.25, -0.2) is 0 Å². The van der Waals surface area contributed by atoms with E-state index < -0.39 is 0 Å². The summed E-state index contributed by atoms with van der Waals surface area (Å²) in [6.07, 6.45) is 3.62. The number of carbonyl (C=O) groups excluding carboxylic acids is 2. The van der Waals surface area contributed by atoms with E-state index in [-0.39, 0.29) is 11.8 Å². The van der Waals surface area contributed by atoms with Crippen molar-refractivity contribution in [3.8, 4) is 5.75 Å². The standard InChI is InChI=1S/C26H28N2O3/c1-2-3-7-17-31-24-15-13-21(14-16-24)26(30)28-23-12-8-11-22(19-23)27-25(29)18-20-9-5-4-6-10-20/h4-6,8-16,19H,2-3,7,17-18H2,1H3,(H,27,29)(H,28,30). The van der Waals surface area contributed by atoms with Crippen LogP contribution in [-0.2, 0) is 11.2 Å². The van der Waals surface area contributed by atoms with Crippen molar-refractivity contribution in [1.29, 1.82) is 0 Å². The van der Waals surface area contributed by atoms with Crippen LogP contribution in [-0.4, -0.2) is 18.4 Å². The summed E-state index contributed by atoms with van der Waals surface area (Å²) >= 11 is 0. The second-order valence-corrected chi connectivity index (χ2v) is 7.33. The lowest BCUT2D eigenvalue weighted by atomic mass is 10.1. The van der Waals surface area contributed by atoms with Crippen LogP contribution < -0.4 is 15.4 Å². The van der Waals surface area contributed by atoms with E-state index in [0.717, 1.165) is 30.6 Å². The first-order valence-electron chi connectivity index (χ1n) is 10.6. The third-order valence-corrected chi connectivity index (χ3v) is 4.74. The maximum Gasteiger partial charge on any atom is 0.255 e. The van der Waals surface area contributed by atoms with Gasteiger partial charge in [-0.2, -0.15) is 0 Å². The molecule has 3 aromatic rings. The van der Waals surface area contributed by atoms with Gasteiger partial charge in [0.1, 0.15) is 5.75 Å². The summed E-state index contributed by atoms with van der Waals surface area (Å²) < 4.78 is 5.68. The molecule has 0 aliphatic carbocycles. The summed E-state index contributed by atoms with van der Waals surface area (Å²) in [4.78, 5) is 24.8. The first-order chi connectivity index (χ1) is 15.1. The zero-order chi connectivity index (χ0) is 21.9. The minimum atomic E-state index is -0.217. The molecular formula is C26H28N2O3. The molecular weight excluding hydrogens is 388 g/mol. The average molecular weight is 417 g/mol. The molecule has 3 aromatic carbocycles. The van der Waals surface area contributed by atoms with Gasteiger partial charge in [-0.1, -0.05) is 56.2 Å². The van der Waals surface area contributed by atoms with Gasteiger partial charge >= 0.3 is 0 Å². The predicted molar refractivity (Wildman–Crippen MR) is 125 cm³/mol. The van der Waals surface area contributed by atoms with Crippen molar-refractivity contribution in [2.75, 3.05) is 17.2 Å². The number of unbranched alkanes of at least 4 members (excludes halogenated alkanes) is 2. The predicted octanol–water partition coefficient (Wildman–Crippen LogP) is 5.69. The number of hydrogen-bond donors (Lipinski definition) is 2. The van der Waals surface area contributed by atoms with Gasteiger partial charge < -0.3 is 15.4 Å². The number of ether oxygens (including phenoxy) is 1. The van der Waals surface area contributed by atoms with Crippen molar-refractivity contribution < 1.29 is 14.3 Å². The van der Waals surface area contributed by atoms with E-state index in [1.54, 1.807) is 48.5 Å². The van der Waals surface area contributed by atoms with E-state index >= 15 is 0 Å². The fourth-order valence-corrected chi connectivity index (χ4v) is 3.11. The van der Waals surface area contributed by atoms with E-state index in [1.807, 2.05) is 30.3 Å². The Morgan fingerprint density at radius 3 is 2.23 bits per heavy atom. The molecule has 0 fully saturated rings. The van der Waals surface area contributed by atoms with E-state index in [4.69, 9.17) is 4.74 Å². The van der Waals surface area contributed by atoms with Crippen LogP contribution in [0.4, 0.5) is 11.4 Å². The van der Waals surface area contributed by atoms with E-state index in [9.17, 15) is 9.59 Å². The van der Waals surface area contributed by atoms with Crippen molar-refractivity contribution in [3.05, 3.63) is 90.0 Å². The Balaban J connectivity index is 1.54. The Morgan fingerprint density at radius 1 is 0.806 bits per heavy atom. The molecule has 5 nitrogen and oxygen atoms in total. The van der Waals surface area contributed by atoms with E-state index in [1.165, 1.54) is 0 Å². The van der Waals surface area contributed by atoms with Gasteiger partial charge in [0.2, 0.25) is 5.91 Å². The fourth-order valence-electron chi connectivity index (χ4n) is 3.11. The number of carbonyl (C=O) groups is 2. The van der Waals surface area contributed by atoms with Crippen LogP contribution in [0, 0.1) is 0 Å². The highest BCUT2D eigenvalue weighted by molar-refractivity contribution is 6.04. The van der Waals surface area contributed by atoms with E-state index in [0.29, 0.717) is 30.0 Å². The Morgan fingerprint density at radius 2 is 1.52 bits per heavy atom. The van der Waals surface area contributed by atoms with Crippen molar-refractivity contribution in [3.63, 3.8) is 0 Å². The van der Waals surface area contributed by atoms with Gasteiger partial charge in [0.15, 0.2) is 0 Å². The molecule has 2 N–H and O–H groups in total. The highest BCUT2D eigenvalue weighted by atomic mass is 16.5. The summed E-state index contributed by atoms with van der Waals surface area (Å²) in [5, 5.41) is 5.74. The maximum absolute atomic E-state index is 12.6. The second kappa shape index (κ2) is 11.6. The van der Waals surface area contributed by atoms with Gasteiger partial charge in [-0.3, -0.25) is 9.59 Å². The zero-order valence-corrected chi connectivity index (χ0v) is 17.8. The third kappa shape index (κ3) is 7.30. The van der Waals surface area contributed by atoms with Crippen molar-refractivity contribution in [2.45, 2.75) is 32.6 Å². The highest BCUT2D eigenvalue weighted by Gasteiger charge is 2.08. The molecule has 2 amide bonds. The molecule has 0 spiro atoms. The minimum absolute atomic E-state index is 0.107.